The van der Waals surface area contributed by atoms with Gasteiger partial charge in [0, 0.05) is 0 Å². The standard InChI is InChI=1S/C8H14O2/c1-4-8(6(9)10)5-7(8,2)3/h4-5H2,1-3H3,(H,9,10). The van der Waals surface area contributed by atoms with Crippen molar-refractivity contribution in [2.24, 2.45) is 10.8 Å². The highest BCUT2D eigenvalue weighted by molar-refractivity contribution is 5.79. The van der Waals surface area contributed by atoms with Gasteiger partial charge >= 0.3 is 5.97 Å². The summed E-state index contributed by atoms with van der Waals surface area (Å²) in [4.78, 5) is 10.7. The van der Waals surface area contributed by atoms with E-state index in [2.05, 4.69) is 0 Å². The molecule has 2 nitrogen and oxygen atoms in total. The predicted molar refractivity (Wildman–Crippen MR) is 38.8 cm³/mol. The average Bonchev–Trinajstić information content (AvgIpc) is 2.35. The molecule has 1 aliphatic rings. The number of rotatable bonds is 2. The third kappa shape index (κ3) is 0.678. The van der Waals surface area contributed by atoms with Gasteiger partial charge in [0.1, 0.15) is 0 Å². The van der Waals surface area contributed by atoms with E-state index in [1.54, 1.807) is 0 Å². The van der Waals surface area contributed by atoms with Crippen LogP contribution in [0.25, 0.3) is 0 Å². The van der Waals surface area contributed by atoms with Crippen molar-refractivity contribution in [2.45, 2.75) is 33.6 Å². The molecule has 1 N–H and O–H groups in total. The van der Waals surface area contributed by atoms with Gasteiger partial charge < -0.3 is 5.11 Å². The molecule has 1 unspecified atom stereocenters. The van der Waals surface area contributed by atoms with E-state index >= 15 is 0 Å². The lowest BCUT2D eigenvalue weighted by Gasteiger charge is -2.11. The van der Waals surface area contributed by atoms with Gasteiger partial charge in [-0.1, -0.05) is 20.8 Å². The van der Waals surface area contributed by atoms with Crippen molar-refractivity contribution in [3.8, 4) is 0 Å². The summed E-state index contributed by atoms with van der Waals surface area (Å²) in [6.07, 6.45) is 1.60. The first-order valence-electron chi connectivity index (χ1n) is 3.70. The smallest absolute Gasteiger partial charge is 0.310 e. The van der Waals surface area contributed by atoms with Crippen LogP contribution in [-0.4, -0.2) is 11.1 Å². The lowest BCUT2D eigenvalue weighted by Crippen LogP contribution is -2.19. The van der Waals surface area contributed by atoms with Crippen molar-refractivity contribution >= 4 is 5.97 Å². The van der Waals surface area contributed by atoms with Crippen molar-refractivity contribution in [1.29, 1.82) is 0 Å². The highest BCUT2D eigenvalue weighted by Crippen LogP contribution is 2.65. The number of hydrogen-bond donors (Lipinski definition) is 1. The quantitative estimate of drug-likeness (QED) is 0.639. The summed E-state index contributed by atoms with van der Waals surface area (Å²) < 4.78 is 0. The summed E-state index contributed by atoms with van der Waals surface area (Å²) in [5, 5.41) is 8.84. The Bertz CT molecular complexity index is 172. The lowest BCUT2D eigenvalue weighted by atomic mass is 9.93. The maximum Gasteiger partial charge on any atom is 0.310 e. The summed E-state index contributed by atoms with van der Waals surface area (Å²) in [5.41, 5.74) is -0.361. The molecule has 0 amide bonds. The van der Waals surface area contributed by atoms with Gasteiger partial charge in [0.15, 0.2) is 0 Å². The molecule has 1 rings (SSSR count). The normalized spacial score (nSPS) is 35.5. The van der Waals surface area contributed by atoms with Crippen LogP contribution in [0.5, 0.6) is 0 Å². The second-order valence-electron chi connectivity index (χ2n) is 3.80. The molecule has 0 aromatic heterocycles. The fraction of sp³-hybridized carbons (Fsp3) is 0.875. The minimum atomic E-state index is -0.625. The molecule has 0 aromatic rings. The molecule has 0 bridgehead atoms. The third-order valence-electron chi connectivity index (χ3n) is 2.93. The van der Waals surface area contributed by atoms with Crippen LogP contribution in [0.3, 0.4) is 0 Å². The number of carbonyl (C=O) groups is 1. The zero-order valence-corrected chi connectivity index (χ0v) is 6.77. The Morgan fingerprint density at radius 2 is 2.00 bits per heavy atom. The second kappa shape index (κ2) is 1.74. The molecule has 0 saturated heterocycles. The van der Waals surface area contributed by atoms with Crippen molar-refractivity contribution in [3.63, 3.8) is 0 Å². The highest BCUT2D eigenvalue weighted by Gasteiger charge is 2.65. The van der Waals surface area contributed by atoms with Gasteiger partial charge in [-0.2, -0.15) is 0 Å². The van der Waals surface area contributed by atoms with E-state index < -0.39 is 11.4 Å². The molecule has 58 valence electrons. The Morgan fingerprint density at radius 1 is 1.60 bits per heavy atom. The van der Waals surface area contributed by atoms with Gasteiger partial charge in [-0.15, -0.1) is 0 Å². The molecule has 0 aromatic carbocycles. The third-order valence-corrected chi connectivity index (χ3v) is 2.93. The second-order valence-corrected chi connectivity index (χ2v) is 3.80. The van der Waals surface area contributed by atoms with E-state index in [9.17, 15) is 4.79 Å². The van der Waals surface area contributed by atoms with Crippen LogP contribution >= 0.6 is 0 Å². The SMILES string of the molecule is CCC1(C(=O)O)CC1(C)C. The van der Waals surface area contributed by atoms with Crippen LogP contribution in [0.15, 0.2) is 0 Å². The van der Waals surface area contributed by atoms with Gasteiger partial charge in [-0.25, -0.2) is 0 Å². The summed E-state index contributed by atoms with van der Waals surface area (Å²) in [6.45, 7) is 5.98. The summed E-state index contributed by atoms with van der Waals surface area (Å²) >= 11 is 0. The number of carboxylic acid groups (broad SMARTS) is 1. The summed E-state index contributed by atoms with van der Waals surface area (Å²) in [7, 11) is 0. The van der Waals surface area contributed by atoms with Crippen LogP contribution in [-0.2, 0) is 4.79 Å². The fourth-order valence-electron chi connectivity index (χ4n) is 1.83. The Morgan fingerprint density at radius 3 is 2.00 bits per heavy atom. The number of aliphatic carboxylic acids is 1. The Balaban J connectivity index is 2.78. The van der Waals surface area contributed by atoms with E-state index in [0.717, 1.165) is 12.8 Å². The minimum Gasteiger partial charge on any atom is -0.481 e. The van der Waals surface area contributed by atoms with Gasteiger partial charge in [0.05, 0.1) is 5.41 Å². The first-order chi connectivity index (χ1) is 4.46. The van der Waals surface area contributed by atoms with Gasteiger partial charge in [0.2, 0.25) is 0 Å². The zero-order chi connectivity index (χ0) is 7.99. The topological polar surface area (TPSA) is 37.3 Å². The van der Waals surface area contributed by atoms with Gasteiger partial charge in [-0.05, 0) is 18.3 Å². The molecule has 1 saturated carbocycles. The average molecular weight is 142 g/mol. The molecule has 0 spiro atoms. The summed E-state index contributed by atoms with van der Waals surface area (Å²) in [5.74, 6) is -0.625. The van der Waals surface area contributed by atoms with Crippen molar-refractivity contribution in [2.75, 3.05) is 0 Å². The lowest BCUT2D eigenvalue weighted by molar-refractivity contribution is -0.144. The van der Waals surface area contributed by atoms with E-state index in [4.69, 9.17) is 5.11 Å². The maximum atomic E-state index is 10.7. The predicted octanol–water partition coefficient (Wildman–Crippen LogP) is 1.90. The molecule has 1 aliphatic carbocycles. The van der Waals surface area contributed by atoms with Gasteiger partial charge in [-0.3, -0.25) is 4.79 Å². The largest absolute Gasteiger partial charge is 0.481 e. The molecule has 0 aliphatic heterocycles. The Labute approximate surface area is 61.2 Å². The first kappa shape index (κ1) is 7.58. The minimum absolute atomic E-state index is 0.0353. The monoisotopic (exact) mass is 142 g/mol. The van der Waals surface area contributed by atoms with Crippen LogP contribution < -0.4 is 0 Å². The molecule has 1 fully saturated rings. The van der Waals surface area contributed by atoms with Crippen LogP contribution in [0.1, 0.15) is 33.6 Å². The van der Waals surface area contributed by atoms with Crippen molar-refractivity contribution in [3.05, 3.63) is 0 Å². The zero-order valence-electron chi connectivity index (χ0n) is 6.77. The first-order valence-corrected chi connectivity index (χ1v) is 3.70. The molecule has 10 heavy (non-hydrogen) atoms. The van der Waals surface area contributed by atoms with E-state index in [-0.39, 0.29) is 5.41 Å². The maximum absolute atomic E-state index is 10.7. The van der Waals surface area contributed by atoms with Crippen LogP contribution in [0, 0.1) is 10.8 Å². The molecule has 1 atom stereocenters. The number of hydrogen-bond acceptors (Lipinski definition) is 1. The molecular weight excluding hydrogens is 128 g/mol. The van der Waals surface area contributed by atoms with Gasteiger partial charge in [0.25, 0.3) is 0 Å². The van der Waals surface area contributed by atoms with E-state index in [0.29, 0.717) is 0 Å². The van der Waals surface area contributed by atoms with Crippen molar-refractivity contribution in [1.82, 2.24) is 0 Å². The number of carboxylic acids is 1. The molecule has 2 heteroatoms. The fourth-order valence-corrected chi connectivity index (χ4v) is 1.83. The van der Waals surface area contributed by atoms with Crippen LogP contribution in [0.4, 0.5) is 0 Å². The Kier molecular flexibility index (Phi) is 1.32. The van der Waals surface area contributed by atoms with E-state index in [1.165, 1.54) is 0 Å². The van der Waals surface area contributed by atoms with E-state index in [1.807, 2.05) is 20.8 Å². The Hall–Kier alpha value is -0.530. The van der Waals surface area contributed by atoms with Crippen molar-refractivity contribution < 1.29 is 9.90 Å². The highest BCUT2D eigenvalue weighted by atomic mass is 16.4. The van der Waals surface area contributed by atoms with Crippen LogP contribution in [0.2, 0.25) is 0 Å². The summed E-state index contributed by atoms with van der Waals surface area (Å²) in [6, 6.07) is 0. The molecular formula is C8H14O2. The molecule has 0 radical (unpaired) electrons. The molecule has 0 heterocycles.